The van der Waals surface area contributed by atoms with E-state index in [9.17, 15) is 9.59 Å². The van der Waals surface area contributed by atoms with Crippen LogP contribution in [0.2, 0.25) is 5.02 Å². The second-order valence-electron chi connectivity index (χ2n) is 9.10. The van der Waals surface area contributed by atoms with Gasteiger partial charge >= 0.3 is 0 Å². The van der Waals surface area contributed by atoms with Gasteiger partial charge in [-0.3, -0.25) is 14.2 Å². The minimum atomic E-state index is -0.472. The van der Waals surface area contributed by atoms with Gasteiger partial charge in [0.25, 0.3) is 11.5 Å². The number of amides is 1. The number of benzene rings is 4. The van der Waals surface area contributed by atoms with Crippen molar-refractivity contribution in [2.45, 2.75) is 25.8 Å². The van der Waals surface area contributed by atoms with Crippen LogP contribution in [0.5, 0.6) is 0 Å². The lowest BCUT2D eigenvalue weighted by atomic mass is 10.1. The molecule has 4 aromatic carbocycles. The summed E-state index contributed by atoms with van der Waals surface area (Å²) < 4.78 is 1.64. The van der Waals surface area contributed by atoms with Crippen molar-refractivity contribution in [1.29, 1.82) is 0 Å². The first kappa shape index (κ1) is 25.4. The maximum absolute atomic E-state index is 14.1. The number of hydrogen-bond acceptors (Lipinski definition) is 3. The molecule has 0 saturated heterocycles. The van der Waals surface area contributed by atoms with Gasteiger partial charge in [0.2, 0.25) is 0 Å². The molecule has 5 rings (SSSR count). The van der Waals surface area contributed by atoms with Gasteiger partial charge in [-0.25, -0.2) is 4.98 Å². The summed E-state index contributed by atoms with van der Waals surface area (Å²) in [5, 5.41) is 0.923. The summed E-state index contributed by atoms with van der Waals surface area (Å²) in [6.07, 6.45) is 1.21. The Morgan fingerprint density at radius 1 is 0.868 bits per heavy atom. The summed E-state index contributed by atoms with van der Waals surface area (Å²) in [5.41, 5.74) is 2.69. The monoisotopic (exact) mass is 521 g/mol. The van der Waals surface area contributed by atoms with E-state index < -0.39 is 6.04 Å². The van der Waals surface area contributed by atoms with Crippen molar-refractivity contribution in [2.24, 2.45) is 0 Å². The Morgan fingerprint density at radius 3 is 2.21 bits per heavy atom. The van der Waals surface area contributed by atoms with E-state index in [0.717, 1.165) is 5.56 Å². The Balaban J connectivity index is 1.69. The zero-order chi connectivity index (χ0) is 26.5. The van der Waals surface area contributed by atoms with Crippen molar-refractivity contribution in [2.75, 3.05) is 6.54 Å². The molecule has 1 heterocycles. The van der Waals surface area contributed by atoms with E-state index in [4.69, 9.17) is 16.6 Å². The number of carbonyl (C=O) groups is 1. The predicted octanol–water partition coefficient (Wildman–Crippen LogP) is 6.88. The third-order valence-corrected chi connectivity index (χ3v) is 7.06. The van der Waals surface area contributed by atoms with Crippen LogP contribution in [0.4, 0.5) is 0 Å². The fourth-order valence-corrected chi connectivity index (χ4v) is 5.04. The topological polar surface area (TPSA) is 55.2 Å². The Hall–Kier alpha value is -4.22. The van der Waals surface area contributed by atoms with Crippen LogP contribution in [0.3, 0.4) is 0 Å². The first-order valence-electron chi connectivity index (χ1n) is 12.7. The van der Waals surface area contributed by atoms with Crippen LogP contribution in [0.1, 0.15) is 41.1 Å². The van der Waals surface area contributed by atoms with Gasteiger partial charge in [-0.05, 0) is 54.8 Å². The van der Waals surface area contributed by atoms with Crippen molar-refractivity contribution < 1.29 is 4.79 Å². The molecule has 1 amide bonds. The van der Waals surface area contributed by atoms with Gasteiger partial charge in [0.15, 0.2) is 0 Å². The van der Waals surface area contributed by atoms with Crippen LogP contribution < -0.4 is 5.56 Å². The zero-order valence-corrected chi connectivity index (χ0v) is 21.9. The number of fused-ring (bicyclic) bond motifs is 1. The maximum atomic E-state index is 14.1. The number of carbonyl (C=O) groups excluding carboxylic acids is 1. The Labute approximate surface area is 227 Å². The average Bonchev–Trinajstić information content (AvgIpc) is 2.96. The van der Waals surface area contributed by atoms with E-state index in [1.54, 1.807) is 22.8 Å². The van der Waals surface area contributed by atoms with E-state index in [1.807, 2.05) is 103 Å². The minimum Gasteiger partial charge on any atom is -0.328 e. The molecule has 0 bridgehead atoms. The molecule has 5 nitrogen and oxygen atoms in total. The average molecular weight is 522 g/mol. The molecule has 0 aliphatic rings. The summed E-state index contributed by atoms with van der Waals surface area (Å²) in [6, 6.07) is 33.5. The van der Waals surface area contributed by atoms with Crippen molar-refractivity contribution >= 4 is 28.4 Å². The maximum Gasteiger partial charge on any atom is 0.266 e. The SMILES string of the molecule is CCC(c1nc2ccccc2c(=O)n1-c1ccccc1)N(CCc1ccccc1)C(=O)c1ccccc1Cl. The van der Waals surface area contributed by atoms with Gasteiger partial charge in [-0.2, -0.15) is 0 Å². The van der Waals surface area contributed by atoms with Crippen LogP contribution in [-0.4, -0.2) is 26.9 Å². The van der Waals surface area contributed by atoms with Gasteiger partial charge in [0, 0.05) is 6.54 Å². The molecule has 5 aromatic rings. The lowest BCUT2D eigenvalue weighted by Gasteiger charge is -2.33. The van der Waals surface area contributed by atoms with Gasteiger partial charge in [0.05, 0.1) is 33.2 Å². The summed E-state index contributed by atoms with van der Waals surface area (Å²) in [6.45, 7) is 2.45. The summed E-state index contributed by atoms with van der Waals surface area (Å²) >= 11 is 6.49. The molecule has 6 heteroatoms. The van der Waals surface area contributed by atoms with Gasteiger partial charge in [0.1, 0.15) is 5.82 Å². The fourth-order valence-electron chi connectivity index (χ4n) is 4.82. The van der Waals surface area contributed by atoms with E-state index in [1.165, 1.54) is 0 Å². The minimum absolute atomic E-state index is 0.163. The predicted molar refractivity (Wildman–Crippen MR) is 153 cm³/mol. The van der Waals surface area contributed by atoms with E-state index in [2.05, 4.69) is 0 Å². The highest BCUT2D eigenvalue weighted by molar-refractivity contribution is 6.33. The van der Waals surface area contributed by atoms with Crippen molar-refractivity contribution in [1.82, 2.24) is 14.5 Å². The molecule has 190 valence electrons. The number of halogens is 1. The Bertz CT molecular complexity index is 1620. The molecule has 0 N–H and O–H groups in total. The molecule has 1 atom stereocenters. The lowest BCUT2D eigenvalue weighted by Crippen LogP contribution is -2.40. The van der Waals surface area contributed by atoms with Gasteiger partial charge in [-0.15, -0.1) is 0 Å². The summed E-state index contributed by atoms with van der Waals surface area (Å²) in [4.78, 5) is 34.8. The number of para-hydroxylation sites is 2. The Morgan fingerprint density at radius 2 is 1.50 bits per heavy atom. The van der Waals surface area contributed by atoms with Crippen molar-refractivity contribution in [3.05, 3.63) is 142 Å². The van der Waals surface area contributed by atoms with Crippen LogP contribution in [0.15, 0.2) is 114 Å². The largest absolute Gasteiger partial charge is 0.328 e. The number of aromatic nitrogens is 2. The molecule has 1 aromatic heterocycles. The number of rotatable bonds is 8. The number of hydrogen-bond donors (Lipinski definition) is 0. The standard InChI is InChI=1S/C32H28ClN3O2/c1-2-29(30-34-28-20-12-10-18-26(28)32(38)36(30)24-15-7-4-8-16-24)35(22-21-23-13-5-3-6-14-23)31(37)25-17-9-11-19-27(25)33/h3-20,29H,2,21-22H2,1H3. The molecular formula is C32H28ClN3O2. The zero-order valence-electron chi connectivity index (χ0n) is 21.1. The van der Waals surface area contributed by atoms with E-state index in [0.29, 0.717) is 52.4 Å². The first-order chi connectivity index (χ1) is 18.6. The molecule has 1 unspecified atom stereocenters. The van der Waals surface area contributed by atoms with E-state index in [-0.39, 0.29) is 11.5 Å². The van der Waals surface area contributed by atoms with Crippen LogP contribution in [-0.2, 0) is 6.42 Å². The Kier molecular flexibility index (Phi) is 7.66. The highest BCUT2D eigenvalue weighted by atomic mass is 35.5. The van der Waals surface area contributed by atoms with Crippen LogP contribution >= 0.6 is 11.6 Å². The van der Waals surface area contributed by atoms with Crippen molar-refractivity contribution in [3.63, 3.8) is 0 Å². The molecule has 0 spiro atoms. The quantitative estimate of drug-likeness (QED) is 0.224. The highest BCUT2D eigenvalue weighted by Gasteiger charge is 2.30. The molecule has 38 heavy (non-hydrogen) atoms. The van der Waals surface area contributed by atoms with E-state index >= 15 is 0 Å². The molecule has 0 saturated carbocycles. The normalized spacial score (nSPS) is 11.8. The van der Waals surface area contributed by atoms with Gasteiger partial charge in [-0.1, -0.05) is 91.3 Å². The molecule has 0 radical (unpaired) electrons. The second-order valence-corrected chi connectivity index (χ2v) is 9.51. The smallest absolute Gasteiger partial charge is 0.266 e. The third-order valence-electron chi connectivity index (χ3n) is 6.73. The lowest BCUT2D eigenvalue weighted by molar-refractivity contribution is 0.0662. The highest BCUT2D eigenvalue weighted by Crippen LogP contribution is 2.29. The van der Waals surface area contributed by atoms with Crippen molar-refractivity contribution in [3.8, 4) is 5.69 Å². The second kappa shape index (κ2) is 11.4. The third kappa shape index (κ3) is 5.11. The fraction of sp³-hybridized carbons (Fsp3) is 0.156. The molecular weight excluding hydrogens is 494 g/mol. The van der Waals surface area contributed by atoms with Crippen LogP contribution in [0, 0.1) is 0 Å². The molecule has 0 aliphatic heterocycles. The van der Waals surface area contributed by atoms with Gasteiger partial charge < -0.3 is 4.90 Å². The first-order valence-corrected chi connectivity index (χ1v) is 13.1. The summed E-state index contributed by atoms with van der Waals surface area (Å²) in [7, 11) is 0. The summed E-state index contributed by atoms with van der Waals surface area (Å²) in [5.74, 6) is 0.330. The number of nitrogens with zero attached hydrogens (tertiary/aromatic N) is 3. The molecule has 0 aliphatic carbocycles. The van der Waals surface area contributed by atoms with Crippen LogP contribution in [0.25, 0.3) is 16.6 Å². The molecule has 0 fully saturated rings.